The minimum absolute atomic E-state index is 0.221. The van der Waals surface area contributed by atoms with Crippen LogP contribution in [-0.2, 0) is 4.79 Å². The molecule has 0 saturated carbocycles. The van der Waals surface area contributed by atoms with Crippen LogP contribution in [0.2, 0.25) is 5.15 Å². The second kappa shape index (κ2) is 4.69. The number of nitrogens with zero attached hydrogens (tertiary/aromatic N) is 4. The van der Waals surface area contributed by atoms with Crippen molar-refractivity contribution >= 4 is 23.0 Å². The molecule has 22 heavy (non-hydrogen) atoms. The van der Waals surface area contributed by atoms with Crippen LogP contribution in [-0.4, -0.2) is 37.8 Å². The average molecular weight is 319 g/mol. The number of carbonyl (C=O) groups excluding carboxylic acids is 1. The first kappa shape index (κ1) is 14.0. The minimum Gasteiger partial charge on any atom is -0.338 e. The Morgan fingerprint density at radius 2 is 2.14 bits per heavy atom. The van der Waals surface area contributed by atoms with E-state index >= 15 is 0 Å². The molecule has 0 unspecified atom stereocenters. The van der Waals surface area contributed by atoms with Crippen LogP contribution in [0.25, 0.3) is 5.52 Å². The van der Waals surface area contributed by atoms with Gasteiger partial charge in [0.1, 0.15) is 11.3 Å². The van der Waals surface area contributed by atoms with Crippen molar-refractivity contribution in [1.82, 2.24) is 19.3 Å². The molecule has 2 saturated heterocycles. The maximum atomic E-state index is 12.6. The van der Waals surface area contributed by atoms with Crippen molar-refractivity contribution in [3.63, 3.8) is 0 Å². The van der Waals surface area contributed by atoms with E-state index < -0.39 is 0 Å². The zero-order valence-electron chi connectivity index (χ0n) is 12.8. The number of imidazole rings is 1. The molecule has 116 valence electrons. The van der Waals surface area contributed by atoms with E-state index in [2.05, 4.69) is 28.7 Å². The second-order valence-electron chi connectivity index (χ2n) is 7.06. The van der Waals surface area contributed by atoms with Gasteiger partial charge < -0.3 is 4.90 Å². The van der Waals surface area contributed by atoms with Crippen LogP contribution in [0.5, 0.6) is 0 Å². The summed E-state index contributed by atoms with van der Waals surface area (Å²) in [5.74, 6) is 1.52. The summed E-state index contributed by atoms with van der Waals surface area (Å²) < 4.78 is 2.01. The van der Waals surface area contributed by atoms with Gasteiger partial charge in [0.05, 0.1) is 6.20 Å². The molecule has 1 amide bonds. The molecule has 0 aromatic carbocycles. The molecule has 0 spiro atoms. The summed E-state index contributed by atoms with van der Waals surface area (Å²) in [6, 6.07) is 0.398. The number of fused-ring (bicyclic) bond motifs is 2. The lowest BCUT2D eigenvalue weighted by Gasteiger charge is -2.34. The van der Waals surface area contributed by atoms with Crippen molar-refractivity contribution in [1.29, 1.82) is 0 Å². The fourth-order valence-corrected chi connectivity index (χ4v) is 4.18. The quantitative estimate of drug-likeness (QED) is 0.812. The number of hydrogen-bond acceptors (Lipinski definition) is 3. The van der Waals surface area contributed by atoms with Crippen LogP contribution >= 0.6 is 11.6 Å². The topological polar surface area (TPSA) is 50.5 Å². The Labute approximate surface area is 134 Å². The SMILES string of the molecule is CC1(C)C[C@H]2CC[C@H](c3ncc4c(Cl)nccn34)CN2C1=O. The minimum atomic E-state index is -0.221. The van der Waals surface area contributed by atoms with E-state index in [4.69, 9.17) is 11.6 Å². The lowest BCUT2D eigenvalue weighted by atomic mass is 9.87. The van der Waals surface area contributed by atoms with E-state index in [9.17, 15) is 4.79 Å². The van der Waals surface area contributed by atoms with Crippen LogP contribution in [0.1, 0.15) is 44.9 Å². The smallest absolute Gasteiger partial charge is 0.228 e. The first-order valence-electron chi connectivity index (χ1n) is 7.76. The summed E-state index contributed by atoms with van der Waals surface area (Å²) in [5, 5.41) is 0.466. The highest BCUT2D eigenvalue weighted by Crippen LogP contribution is 2.42. The average Bonchev–Trinajstić information content (AvgIpc) is 3.00. The number of rotatable bonds is 1. The molecule has 4 heterocycles. The van der Waals surface area contributed by atoms with Crippen LogP contribution < -0.4 is 0 Å². The largest absolute Gasteiger partial charge is 0.338 e. The lowest BCUT2D eigenvalue weighted by molar-refractivity contribution is -0.136. The van der Waals surface area contributed by atoms with Gasteiger partial charge in [-0.05, 0) is 19.3 Å². The Balaban J connectivity index is 1.67. The predicted molar refractivity (Wildman–Crippen MR) is 83.9 cm³/mol. The summed E-state index contributed by atoms with van der Waals surface area (Å²) >= 11 is 6.12. The second-order valence-corrected chi connectivity index (χ2v) is 7.42. The van der Waals surface area contributed by atoms with E-state index in [1.54, 1.807) is 12.4 Å². The molecule has 6 heteroatoms. The molecule has 4 rings (SSSR count). The maximum Gasteiger partial charge on any atom is 0.228 e. The summed E-state index contributed by atoms with van der Waals surface area (Å²) in [7, 11) is 0. The van der Waals surface area contributed by atoms with E-state index in [1.807, 2.05) is 10.6 Å². The summed E-state index contributed by atoms with van der Waals surface area (Å²) in [6.45, 7) is 4.87. The van der Waals surface area contributed by atoms with Gasteiger partial charge in [0.15, 0.2) is 5.15 Å². The van der Waals surface area contributed by atoms with Gasteiger partial charge in [-0.15, -0.1) is 0 Å². The maximum absolute atomic E-state index is 12.6. The molecule has 0 bridgehead atoms. The lowest BCUT2D eigenvalue weighted by Crippen LogP contribution is -2.42. The summed E-state index contributed by atoms with van der Waals surface area (Å²) in [4.78, 5) is 23.3. The third-order valence-electron chi connectivity index (χ3n) is 5.10. The Hall–Kier alpha value is -1.62. The van der Waals surface area contributed by atoms with Gasteiger partial charge in [-0.1, -0.05) is 25.4 Å². The van der Waals surface area contributed by atoms with E-state index in [1.165, 1.54) is 0 Å². The standard InChI is InChI=1S/C16H19ClN4O/c1-16(2)7-11-4-3-10(9-21(11)15(16)22)14-19-8-12-13(17)18-5-6-20(12)14/h5-6,8,10-11H,3-4,7,9H2,1-2H3/t10-,11+/m0/s1. The van der Waals surface area contributed by atoms with Gasteiger partial charge in [-0.2, -0.15) is 0 Å². The zero-order valence-corrected chi connectivity index (χ0v) is 13.5. The number of carbonyl (C=O) groups is 1. The van der Waals surface area contributed by atoms with Crippen LogP contribution in [0.4, 0.5) is 0 Å². The van der Waals surface area contributed by atoms with Crippen molar-refractivity contribution in [3.05, 3.63) is 29.6 Å². The molecule has 0 N–H and O–H groups in total. The van der Waals surface area contributed by atoms with Crippen molar-refractivity contribution in [2.45, 2.75) is 45.1 Å². The van der Waals surface area contributed by atoms with Crippen molar-refractivity contribution < 1.29 is 4.79 Å². The van der Waals surface area contributed by atoms with Crippen LogP contribution in [0.15, 0.2) is 18.6 Å². The van der Waals surface area contributed by atoms with E-state index in [0.717, 1.165) is 37.1 Å². The fraction of sp³-hybridized carbons (Fsp3) is 0.562. The Bertz CT molecular complexity index is 754. The number of amides is 1. The highest BCUT2D eigenvalue weighted by Gasteiger charge is 2.47. The molecule has 2 aliphatic rings. The monoisotopic (exact) mass is 318 g/mol. The number of piperidine rings is 1. The van der Waals surface area contributed by atoms with Crippen molar-refractivity contribution in [3.8, 4) is 0 Å². The molecular weight excluding hydrogens is 300 g/mol. The van der Waals surface area contributed by atoms with Crippen LogP contribution in [0, 0.1) is 5.41 Å². The third-order valence-corrected chi connectivity index (χ3v) is 5.39. The Morgan fingerprint density at radius 1 is 1.32 bits per heavy atom. The number of aromatic nitrogens is 3. The third kappa shape index (κ3) is 1.95. The molecule has 0 aliphatic carbocycles. The molecular formula is C16H19ClN4O. The molecule has 2 aliphatic heterocycles. The van der Waals surface area contributed by atoms with Gasteiger partial charge in [-0.25, -0.2) is 9.97 Å². The highest BCUT2D eigenvalue weighted by atomic mass is 35.5. The molecule has 2 fully saturated rings. The van der Waals surface area contributed by atoms with Gasteiger partial charge in [-0.3, -0.25) is 9.20 Å². The summed E-state index contributed by atoms with van der Waals surface area (Å²) in [5.41, 5.74) is 0.607. The first-order chi connectivity index (χ1) is 10.5. The Kier molecular flexibility index (Phi) is 2.98. The first-order valence-corrected chi connectivity index (χ1v) is 8.14. The molecule has 2 aromatic rings. The fourth-order valence-electron chi connectivity index (χ4n) is 3.98. The van der Waals surface area contributed by atoms with Crippen molar-refractivity contribution in [2.75, 3.05) is 6.54 Å². The number of hydrogen-bond donors (Lipinski definition) is 0. The van der Waals surface area contributed by atoms with Gasteiger partial charge in [0, 0.05) is 36.3 Å². The molecule has 5 nitrogen and oxygen atoms in total. The van der Waals surface area contributed by atoms with E-state index in [-0.39, 0.29) is 17.2 Å². The van der Waals surface area contributed by atoms with E-state index in [0.29, 0.717) is 11.2 Å². The predicted octanol–water partition coefficient (Wildman–Crippen LogP) is 2.89. The van der Waals surface area contributed by atoms with Crippen molar-refractivity contribution in [2.24, 2.45) is 5.41 Å². The Morgan fingerprint density at radius 3 is 2.95 bits per heavy atom. The zero-order chi connectivity index (χ0) is 15.5. The normalized spacial score (nSPS) is 27.4. The molecule has 2 aromatic heterocycles. The van der Waals surface area contributed by atoms with Gasteiger partial charge in [0.2, 0.25) is 5.91 Å². The van der Waals surface area contributed by atoms with Gasteiger partial charge in [0.25, 0.3) is 0 Å². The van der Waals surface area contributed by atoms with Crippen LogP contribution in [0.3, 0.4) is 0 Å². The number of halogens is 1. The van der Waals surface area contributed by atoms with Gasteiger partial charge >= 0.3 is 0 Å². The molecule has 2 atom stereocenters. The summed E-state index contributed by atoms with van der Waals surface area (Å²) in [6.07, 6.45) is 8.43. The highest BCUT2D eigenvalue weighted by molar-refractivity contribution is 6.32. The molecule has 0 radical (unpaired) electrons.